The third kappa shape index (κ3) is 2.74. The maximum Gasteiger partial charge on any atom is 0.338 e. The summed E-state index contributed by atoms with van der Waals surface area (Å²) in [7, 11) is 3.20. The van der Waals surface area contributed by atoms with Gasteiger partial charge in [-0.15, -0.1) is 0 Å². The van der Waals surface area contributed by atoms with Crippen LogP contribution in [0.3, 0.4) is 0 Å². The maximum atomic E-state index is 12.1. The van der Waals surface area contributed by atoms with Gasteiger partial charge < -0.3 is 23.7 Å². The molecule has 1 aromatic carbocycles. The van der Waals surface area contributed by atoms with E-state index in [9.17, 15) is 4.79 Å². The van der Waals surface area contributed by atoms with Gasteiger partial charge in [-0.3, -0.25) is 0 Å². The van der Waals surface area contributed by atoms with Gasteiger partial charge in [-0.05, 0) is 24.3 Å². The van der Waals surface area contributed by atoms with Crippen molar-refractivity contribution < 1.29 is 28.5 Å². The topological polar surface area (TPSA) is 63.2 Å². The molecule has 1 aromatic rings. The van der Waals surface area contributed by atoms with Gasteiger partial charge in [0.2, 0.25) is 0 Å². The van der Waals surface area contributed by atoms with Crippen molar-refractivity contribution in [2.75, 3.05) is 27.4 Å². The summed E-state index contributed by atoms with van der Waals surface area (Å²) in [6.07, 6.45) is -0.912. The van der Waals surface area contributed by atoms with Crippen molar-refractivity contribution in [2.24, 2.45) is 0 Å². The van der Waals surface area contributed by atoms with Gasteiger partial charge >= 0.3 is 5.97 Å². The summed E-state index contributed by atoms with van der Waals surface area (Å²) in [5.74, 6) is 0.300. The average molecular weight is 294 g/mol. The van der Waals surface area contributed by atoms with Gasteiger partial charge in [0.05, 0.1) is 25.9 Å². The van der Waals surface area contributed by atoms with E-state index < -0.39 is 12.1 Å². The van der Waals surface area contributed by atoms with Crippen LogP contribution in [-0.4, -0.2) is 57.8 Å². The molecule has 4 unspecified atom stereocenters. The zero-order chi connectivity index (χ0) is 14.8. The zero-order valence-electron chi connectivity index (χ0n) is 12.0. The number of hydrogen-bond acceptors (Lipinski definition) is 6. The Hall–Kier alpha value is -1.63. The number of ether oxygens (including phenoxy) is 5. The summed E-state index contributed by atoms with van der Waals surface area (Å²) in [6.45, 7) is 0.791. The van der Waals surface area contributed by atoms with Crippen LogP contribution in [0.2, 0.25) is 0 Å². The molecule has 2 fully saturated rings. The van der Waals surface area contributed by atoms with Crippen LogP contribution in [0.4, 0.5) is 0 Å². The molecule has 0 amide bonds. The number of hydrogen-bond donors (Lipinski definition) is 0. The Bertz CT molecular complexity index is 499. The van der Waals surface area contributed by atoms with E-state index in [1.165, 1.54) is 0 Å². The van der Waals surface area contributed by atoms with Crippen LogP contribution >= 0.6 is 0 Å². The van der Waals surface area contributed by atoms with Crippen LogP contribution in [0.15, 0.2) is 24.3 Å². The lowest BCUT2D eigenvalue weighted by molar-refractivity contribution is -0.0280. The smallest absolute Gasteiger partial charge is 0.338 e. The zero-order valence-corrected chi connectivity index (χ0v) is 12.0. The normalized spacial score (nSPS) is 31.0. The molecule has 0 bridgehead atoms. The van der Waals surface area contributed by atoms with Crippen LogP contribution in [0.5, 0.6) is 5.75 Å². The van der Waals surface area contributed by atoms with Gasteiger partial charge in [-0.25, -0.2) is 4.79 Å². The summed E-state index contributed by atoms with van der Waals surface area (Å²) in [5.41, 5.74) is 0.473. The number of carbonyl (C=O) groups is 1. The minimum Gasteiger partial charge on any atom is -0.497 e. The van der Waals surface area contributed by atoms with E-state index in [2.05, 4.69) is 0 Å². The second-order valence-electron chi connectivity index (χ2n) is 5.04. The Kier molecular flexibility index (Phi) is 4.10. The van der Waals surface area contributed by atoms with Crippen LogP contribution in [0.1, 0.15) is 10.4 Å². The van der Waals surface area contributed by atoms with Crippen molar-refractivity contribution in [2.45, 2.75) is 24.4 Å². The van der Waals surface area contributed by atoms with Crippen LogP contribution in [0.25, 0.3) is 0 Å². The molecule has 0 aliphatic carbocycles. The van der Waals surface area contributed by atoms with Gasteiger partial charge in [-0.1, -0.05) is 0 Å². The van der Waals surface area contributed by atoms with Crippen LogP contribution in [0, 0.1) is 0 Å². The van der Waals surface area contributed by atoms with Crippen molar-refractivity contribution in [3.05, 3.63) is 29.8 Å². The minimum absolute atomic E-state index is 0.0975. The Morgan fingerprint density at radius 3 is 2.29 bits per heavy atom. The van der Waals surface area contributed by atoms with Gasteiger partial charge in [0, 0.05) is 7.11 Å². The first kappa shape index (κ1) is 14.3. The summed E-state index contributed by atoms with van der Waals surface area (Å²) < 4.78 is 27.1. The molecule has 2 saturated heterocycles. The van der Waals surface area contributed by atoms with Crippen LogP contribution in [-0.2, 0) is 18.9 Å². The third-order valence-corrected chi connectivity index (χ3v) is 3.85. The fourth-order valence-electron chi connectivity index (χ4n) is 2.66. The fraction of sp³-hybridized carbons (Fsp3) is 0.533. The van der Waals surface area contributed by atoms with E-state index in [4.69, 9.17) is 23.7 Å². The van der Waals surface area contributed by atoms with Gasteiger partial charge in [0.15, 0.2) is 6.10 Å². The Morgan fingerprint density at radius 2 is 1.67 bits per heavy atom. The number of methoxy groups -OCH3 is 2. The summed E-state index contributed by atoms with van der Waals surface area (Å²) in [5, 5.41) is 0. The third-order valence-electron chi connectivity index (χ3n) is 3.85. The first-order valence-corrected chi connectivity index (χ1v) is 6.84. The lowest BCUT2D eigenvalue weighted by atomic mass is 10.1. The Morgan fingerprint density at radius 1 is 1.05 bits per heavy atom. The van der Waals surface area contributed by atoms with E-state index in [1.54, 1.807) is 38.5 Å². The van der Waals surface area contributed by atoms with Crippen molar-refractivity contribution in [1.82, 2.24) is 0 Å². The first-order chi connectivity index (χ1) is 10.2. The van der Waals surface area contributed by atoms with E-state index in [0.29, 0.717) is 24.5 Å². The van der Waals surface area contributed by atoms with Crippen molar-refractivity contribution in [3.8, 4) is 5.75 Å². The standard InChI is InChI=1S/C15H18O6/c1-17-10-5-3-9(4-6-10)15(16)21-12-8-20-13-11(18-2)7-19-14(12)13/h3-6,11-14H,7-8H2,1-2H3. The molecule has 2 aliphatic rings. The SMILES string of the molecule is COc1ccc(C(=O)OC2COC3C(OC)COC23)cc1. The summed E-state index contributed by atoms with van der Waals surface area (Å²) >= 11 is 0. The number of carbonyl (C=O) groups excluding carboxylic acids is 1. The highest BCUT2D eigenvalue weighted by molar-refractivity contribution is 5.89. The largest absolute Gasteiger partial charge is 0.497 e. The first-order valence-electron chi connectivity index (χ1n) is 6.84. The molecule has 0 N–H and O–H groups in total. The summed E-state index contributed by atoms with van der Waals surface area (Å²) in [4.78, 5) is 12.1. The van der Waals surface area contributed by atoms with Crippen molar-refractivity contribution >= 4 is 5.97 Å². The van der Waals surface area contributed by atoms with E-state index in [-0.39, 0.29) is 18.3 Å². The minimum atomic E-state index is -0.398. The van der Waals surface area contributed by atoms with Crippen molar-refractivity contribution in [1.29, 1.82) is 0 Å². The van der Waals surface area contributed by atoms with Gasteiger partial charge in [0.25, 0.3) is 0 Å². The second kappa shape index (κ2) is 6.01. The Labute approximate surface area is 122 Å². The number of esters is 1. The molecule has 0 radical (unpaired) electrons. The highest BCUT2D eigenvalue weighted by Gasteiger charge is 2.49. The molecule has 4 atom stereocenters. The molecule has 0 spiro atoms. The number of benzene rings is 1. The highest BCUT2D eigenvalue weighted by Crippen LogP contribution is 2.30. The quantitative estimate of drug-likeness (QED) is 0.773. The fourth-order valence-corrected chi connectivity index (χ4v) is 2.66. The van der Waals surface area contributed by atoms with E-state index >= 15 is 0 Å². The highest BCUT2D eigenvalue weighted by atomic mass is 16.6. The molecule has 2 heterocycles. The molecular formula is C15H18O6. The molecule has 0 saturated carbocycles. The van der Waals surface area contributed by atoms with Crippen molar-refractivity contribution in [3.63, 3.8) is 0 Å². The van der Waals surface area contributed by atoms with E-state index in [0.717, 1.165) is 0 Å². The predicted octanol–water partition coefficient (Wildman–Crippen LogP) is 1.03. The van der Waals surface area contributed by atoms with E-state index in [1.807, 2.05) is 0 Å². The maximum absolute atomic E-state index is 12.1. The molecule has 0 aromatic heterocycles. The molecular weight excluding hydrogens is 276 g/mol. The lowest BCUT2D eigenvalue weighted by Gasteiger charge is -2.16. The molecule has 3 rings (SSSR count). The molecule has 6 heteroatoms. The molecule has 21 heavy (non-hydrogen) atoms. The number of rotatable bonds is 4. The van der Waals surface area contributed by atoms with Gasteiger partial charge in [0.1, 0.15) is 24.1 Å². The average Bonchev–Trinajstić information content (AvgIpc) is 3.10. The number of fused-ring (bicyclic) bond motifs is 1. The Balaban J connectivity index is 1.62. The lowest BCUT2D eigenvalue weighted by Crippen LogP contribution is -2.34. The van der Waals surface area contributed by atoms with Crippen LogP contribution < -0.4 is 4.74 Å². The molecule has 6 nitrogen and oxygen atoms in total. The molecule has 2 aliphatic heterocycles. The summed E-state index contributed by atoms with van der Waals surface area (Å²) in [6, 6.07) is 6.78. The predicted molar refractivity (Wildman–Crippen MR) is 72.5 cm³/mol. The second-order valence-corrected chi connectivity index (χ2v) is 5.04. The molecule has 114 valence electrons. The van der Waals surface area contributed by atoms with Gasteiger partial charge in [-0.2, -0.15) is 0 Å². The monoisotopic (exact) mass is 294 g/mol.